The Labute approximate surface area is 231 Å². The van der Waals surface area contributed by atoms with Crippen LogP contribution in [0.2, 0.25) is 0 Å². The van der Waals surface area contributed by atoms with Gasteiger partial charge >= 0.3 is 5.97 Å². The van der Waals surface area contributed by atoms with E-state index >= 15 is 0 Å². The van der Waals surface area contributed by atoms with E-state index in [1.165, 1.54) is 6.92 Å². The molecule has 12 N–H and O–H groups in total. The zero-order valence-electron chi connectivity index (χ0n) is 23.2. The molecule has 17 heteroatoms. The van der Waals surface area contributed by atoms with Gasteiger partial charge in [0.25, 0.3) is 0 Å². The first-order chi connectivity index (χ1) is 18.3. The number of rotatable bonds is 16. The van der Waals surface area contributed by atoms with E-state index in [2.05, 4.69) is 21.3 Å². The standard InChI is InChI=1S/C23H42N6O11/c1-8(2)14(26-18(34)9(3)24)20(36)28-15(10(4)31)21(37)25-13(7-30)19(35)27-16(11(5)32)22(38)29-17(12(6)33)23(39)40/h8-17,30-33H,7,24H2,1-6H3,(H,25,37)(H,26,34)(H,27,35)(H,28,36)(H,29,38)(H,39,40)/t9-,10+,11+,12+,13-,14-,15-,16-,17-/m0/s1. The molecule has 0 aromatic heterocycles. The van der Waals surface area contributed by atoms with Gasteiger partial charge in [0.15, 0.2) is 6.04 Å². The summed E-state index contributed by atoms with van der Waals surface area (Å²) in [7, 11) is 0. The second-order valence-corrected chi connectivity index (χ2v) is 9.78. The highest BCUT2D eigenvalue weighted by Crippen LogP contribution is 2.05. The molecule has 0 saturated carbocycles. The van der Waals surface area contributed by atoms with Crippen LogP contribution in [0.5, 0.6) is 0 Å². The van der Waals surface area contributed by atoms with Gasteiger partial charge < -0.3 is 57.9 Å². The maximum atomic E-state index is 12.9. The van der Waals surface area contributed by atoms with Crippen LogP contribution in [0.4, 0.5) is 0 Å². The van der Waals surface area contributed by atoms with Crippen molar-refractivity contribution in [3.63, 3.8) is 0 Å². The average molecular weight is 579 g/mol. The van der Waals surface area contributed by atoms with Crippen LogP contribution in [0.25, 0.3) is 0 Å². The Morgan fingerprint density at radius 1 is 0.575 bits per heavy atom. The van der Waals surface area contributed by atoms with Crippen molar-refractivity contribution in [2.75, 3.05) is 6.61 Å². The van der Waals surface area contributed by atoms with Gasteiger partial charge in [0.2, 0.25) is 29.5 Å². The van der Waals surface area contributed by atoms with Crippen LogP contribution in [0.3, 0.4) is 0 Å². The Morgan fingerprint density at radius 2 is 0.925 bits per heavy atom. The van der Waals surface area contributed by atoms with E-state index in [1.54, 1.807) is 13.8 Å². The third-order valence-electron chi connectivity index (χ3n) is 5.65. The highest BCUT2D eigenvalue weighted by molar-refractivity contribution is 5.96. The second kappa shape index (κ2) is 16.7. The van der Waals surface area contributed by atoms with Gasteiger partial charge in [-0.2, -0.15) is 0 Å². The first-order valence-electron chi connectivity index (χ1n) is 12.5. The fourth-order valence-corrected chi connectivity index (χ4v) is 3.21. The molecule has 0 heterocycles. The number of nitrogens with two attached hydrogens (primary N) is 1. The van der Waals surface area contributed by atoms with Gasteiger partial charge in [0.1, 0.15) is 24.2 Å². The molecule has 0 unspecified atom stereocenters. The molecule has 0 bridgehead atoms. The van der Waals surface area contributed by atoms with E-state index in [0.29, 0.717) is 0 Å². The number of hydrogen-bond acceptors (Lipinski definition) is 11. The number of aliphatic carboxylic acids is 1. The van der Waals surface area contributed by atoms with Gasteiger partial charge in [-0.1, -0.05) is 13.8 Å². The molecule has 0 fully saturated rings. The summed E-state index contributed by atoms with van der Waals surface area (Å²) in [5, 5.41) is 59.3. The van der Waals surface area contributed by atoms with Gasteiger partial charge in [-0.3, -0.25) is 24.0 Å². The van der Waals surface area contributed by atoms with Crippen molar-refractivity contribution in [3.8, 4) is 0 Å². The third kappa shape index (κ3) is 11.4. The lowest BCUT2D eigenvalue weighted by molar-refractivity contribution is -0.146. The van der Waals surface area contributed by atoms with Gasteiger partial charge in [0.05, 0.1) is 31.0 Å². The van der Waals surface area contributed by atoms with E-state index in [1.807, 2.05) is 5.32 Å². The number of carbonyl (C=O) groups excluding carboxylic acids is 5. The molecule has 230 valence electrons. The summed E-state index contributed by atoms with van der Waals surface area (Å²) in [5.41, 5.74) is 5.52. The Morgan fingerprint density at radius 3 is 1.27 bits per heavy atom. The molecule has 0 saturated heterocycles. The number of amides is 5. The first kappa shape index (κ1) is 36.6. The van der Waals surface area contributed by atoms with Gasteiger partial charge in [-0.25, -0.2) is 4.79 Å². The molecule has 17 nitrogen and oxygen atoms in total. The molecule has 0 aromatic carbocycles. The molecule has 40 heavy (non-hydrogen) atoms. The molecule has 0 rings (SSSR count). The number of aliphatic hydroxyl groups excluding tert-OH is 4. The van der Waals surface area contributed by atoms with Crippen molar-refractivity contribution < 1.29 is 54.3 Å². The number of aliphatic hydroxyl groups is 4. The predicted octanol–water partition coefficient (Wildman–Crippen LogP) is -5.37. The monoisotopic (exact) mass is 578 g/mol. The summed E-state index contributed by atoms with van der Waals surface area (Å²) < 4.78 is 0. The van der Waals surface area contributed by atoms with Gasteiger partial charge in [0, 0.05) is 0 Å². The number of carbonyl (C=O) groups is 6. The smallest absolute Gasteiger partial charge is 0.328 e. The third-order valence-corrected chi connectivity index (χ3v) is 5.65. The molecule has 0 radical (unpaired) electrons. The SMILES string of the molecule is CC(C)[C@H](NC(=O)[C@H](C)N)C(=O)N[C@H](C(=O)N[C@@H](CO)C(=O)N[C@H](C(=O)N[C@H](C(=O)O)[C@@H](C)O)[C@@H](C)O)[C@@H](C)O. The predicted molar refractivity (Wildman–Crippen MR) is 138 cm³/mol. The summed E-state index contributed by atoms with van der Waals surface area (Å²) >= 11 is 0. The molecule has 0 aliphatic rings. The highest BCUT2D eigenvalue weighted by atomic mass is 16.4. The van der Waals surface area contributed by atoms with Crippen LogP contribution in [-0.2, 0) is 28.8 Å². The van der Waals surface area contributed by atoms with E-state index in [9.17, 15) is 49.2 Å². The lowest BCUT2D eigenvalue weighted by Crippen LogP contribution is -2.63. The van der Waals surface area contributed by atoms with E-state index in [4.69, 9.17) is 10.8 Å². The fourth-order valence-electron chi connectivity index (χ4n) is 3.21. The Kier molecular flexibility index (Phi) is 15.3. The summed E-state index contributed by atoms with van der Waals surface area (Å²) in [5.74, 6) is -6.98. The van der Waals surface area contributed by atoms with Crippen molar-refractivity contribution in [2.24, 2.45) is 11.7 Å². The minimum Gasteiger partial charge on any atom is -0.480 e. The number of hydrogen-bond donors (Lipinski definition) is 11. The van der Waals surface area contributed by atoms with Crippen LogP contribution in [0.1, 0.15) is 41.5 Å². The fraction of sp³-hybridized carbons (Fsp3) is 0.739. The molecule has 9 atom stereocenters. The van der Waals surface area contributed by atoms with E-state index < -0.39 is 103 Å². The van der Waals surface area contributed by atoms with E-state index in [0.717, 1.165) is 20.8 Å². The molecular formula is C23H42N6O11. The first-order valence-corrected chi connectivity index (χ1v) is 12.5. The average Bonchev–Trinajstić information content (AvgIpc) is 2.83. The van der Waals surface area contributed by atoms with Crippen molar-refractivity contribution in [1.29, 1.82) is 0 Å². The normalized spacial score (nSPS) is 18.0. The molecule has 5 amide bonds. The Balaban J connectivity index is 5.64. The number of carboxylic acids is 1. The number of carboxylic acid groups (broad SMARTS) is 1. The second-order valence-electron chi connectivity index (χ2n) is 9.78. The van der Waals surface area contributed by atoms with Gasteiger partial charge in [-0.15, -0.1) is 0 Å². The molecular weight excluding hydrogens is 536 g/mol. The van der Waals surface area contributed by atoms with Crippen LogP contribution < -0.4 is 32.3 Å². The van der Waals surface area contributed by atoms with Gasteiger partial charge in [-0.05, 0) is 33.6 Å². The highest BCUT2D eigenvalue weighted by Gasteiger charge is 2.36. The van der Waals surface area contributed by atoms with Crippen molar-refractivity contribution in [2.45, 2.75) is 96.1 Å². The topological polar surface area (TPSA) is 290 Å². The van der Waals surface area contributed by atoms with Crippen molar-refractivity contribution in [3.05, 3.63) is 0 Å². The molecule has 0 aliphatic heterocycles. The lowest BCUT2D eigenvalue weighted by Gasteiger charge is -2.29. The maximum absolute atomic E-state index is 12.9. The lowest BCUT2D eigenvalue weighted by atomic mass is 10.0. The van der Waals surface area contributed by atoms with E-state index in [-0.39, 0.29) is 0 Å². The van der Waals surface area contributed by atoms with Crippen molar-refractivity contribution in [1.82, 2.24) is 26.6 Å². The number of nitrogens with one attached hydrogen (secondary N) is 5. The summed E-state index contributed by atoms with van der Waals surface area (Å²) in [6.07, 6.45) is -4.61. The molecule has 0 spiro atoms. The summed E-state index contributed by atoms with van der Waals surface area (Å²) in [6.45, 7) is 6.98. The van der Waals surface area contributed by atoms with Crippen LogP contribution in [0, 0.1) is 5.92 Å². The summed E-state index contributed by atoms with van der Waals surface area (Å²) in [6, 6.07) is -8.98. The van der Waals surface area contributed by atoms with Crippen molar-refractivity contribution >= 4 is 35.5 Å². The minimum absolute atomic E-state index is 0.450. The van der Waals surface area contributed by atoms with Crippen LogP contribution >= 0.6 is 0 Å². The van der Waals surface area contributed by atoms with Crippen LogP contribution in [-0.4, -0.2) is 122 Å². The molecule has 0 aromatic rings. The largest absolute Gasteiger partial charge is 0.480 e. The zero-order valence-corrected chi connectivity index (χ0v) is 23.2. The zero-order chi connectivity index (χ0) is 31.5. The maximum Gasteiger partial charge on any atom is 0.328 e. The Hall–Kier alpha value is -3.38. The minimum atomic E-state index is -1.76. The summed E-state index contributed by atoms with van der Waals surface area (Å²) in [4.78, 5) is 74.1. The van der Waals surface area contributed by atoms with Crippen LogP contribution in [0.15, 0.2) is 0 Å². The quantitative estimate of drug-likeness (QED) is 0.0818. The molecule has 0 aliphatic carbocycles. The Bertz CT molecular complexity index is 910.